The molecule has 6 nitrogen and oxygen atoms in total. The summed E-state index contributed by atoms with van der Waals surface area (Å²) in [7, 11) is 0. The van der Waals surface area contributed by atoms with Crippen LogP contribution in [0.1, 0.15) is 37.0 Å². The Labute approximate surface area is 118 Å². The van der Waals surface area contributed by atoms with Crippen LogP contribution in [0.3, 0.4) is 0 Å². The number of hydrogen-bond donors (Lipinski definition) is 1. The van der Waals surface area contributed by atoms with Crippen LogP contribution in [-0.2, 0) is 9.53 Å². The number of carbonyl (C=O) groups is 1. The third-order valence-corrected chi connectivity index (χ3v) is 3.87. The number of nitrogens with one attached hydrogen (secondary N) is 1. The lowest BCUT2D eigenvalue weighted by Crippen LogP contribution is -2.43. The Bertz CT molecular complexity index is 511. The number of nitrogens with zero attached hydrogens (tertiary/aromatic N) is 3. The van der Waals surface area contributed by atoms with Gasteiger partial charge in [-0.05, 0) is 25.7 Å². The van der Waals surface area contributed by atoms with Crippen molar-refractivity contribution in [1.82, 2.24) is 20.1 Å². The largest absolute Gasteiger partial charge is 0.366 e. The smallest absolute Gasteiger partial charge is 0.223 e. The molecule has 1 aliphatic carbocycles. The molecule has 2 atom stereocenters. The Morgan fingerprint density at radius 1 is 1.60 bits per heavy atom. The van der Waals surface area contributed by atoms with Gasteiger partial charge in [-0.25, -0.2) is 4.98 Å². The van der Waals surface area contributed by atoms with E-state index in [2.05, 4.69) is 27.3 Å². The van der Waals surface area contributed by atoms with Gasteiger partial charge >= 0.3 is 0 Å². The predicted octanol–water partition coefficient (Wildman–Crippen LogP) is 1.37. The molecule has 2 heterocycles. The molecule has 0 spiro atoms. The highest BCUT2D eigenvalue weighted by Crippen LogP contribution is 2.24. The lowest BCUT2D eigenvalue weighted by molar-refractivity contribution is -0.140. The van der Waals surface area contributed by atoms with E-state index in [0.29, 0.717) is 37.9 Å². The van der Waals surface area contributed by atoms with Gasteiger partial charge in [0.1, 0.15) is 11.9 Å². The van der Waals surface area contributed by atoms with Crippen LogP contribution in [-0.4, -0.2) is 45.7 Å². The average molecular weight is 276 g/mol. The SMILES string of the molecule is Cc1nc([C@@H]2CN(C(=O)C[C@H]3C=CCC3)CCO2)n[nH]1. The van der Waals surface area contributed by atoms with Crippen LogP contribution in [0, 0.1) is 12.8 Å². The summed E-state index contributed by atoms with van der Waals surface area (Å²) in [5, 5.41) is 6.94. The number of ether oxygens (including phenoxy) is 1. The summed E-state index contributed by atoms with van der Waals surface area (Å²) in [5.41, 5.74) is 0. The molecule has 1 aromatic rings. The first-order valence-electron chi connectivity index (χ1n) is 7.17. The number of allylic oxidation sites excluding steroid dienone is 2. The summed E-state index contributed by atoms with van der Waals surface area (Å²) >= 11 is 0. The van der Waals surface area contributed by atoms with E-state index in [9.17, 15) is 4.79 Å². The van der Waals surface area contributed by atoms with E-state index in [0.717, 1.165) is 18.7 Å². The zero-order chi connectivity index (χ0) is 13.9. The quantitative estimate of drug-likeness (QED) is 0.846. The zero-order valence-corrected chi connectivity index (χ0v) is 11.7. The first-order chi connectivity index (χ1) is 9.72. The Hall–Kier alpha value is -1.69. The Balaban J connectivity index is 1.59. The third-order valence-electron chi connectivity index (χ3n) is 3.87. The van der Waals surface area contributed by atoms with Crippen LogP contribution in [0.25, 0.3) is 0 Å². The molecule has 3 rings (SSSR count). The van der Waals surface area contributed by atoms with Crippen LogP contribution in [0.5, 0.6) is 0 Å². The number of amides is 1. The first-order valence-corrected chi connectivity index (χ1v) is 7.17. The van der Waals surface area contributed by atoms with E-state index >= 15 is 0 Å². The standard InChI is InChI=1S/C14H20N4O2/c1-10-15-14(17-16-10)12-9-18(6-7-20-12)13(19)8-11-4-2-3-5-11/h2,4,11-12H,3,5-9H2,1H3,(H,15,16,17)/t11-,12-/m0/s1. The van der Waals surface area contributed by atoms with Crippen molar-refractivity contribution in [1.29, 1.82) is 0 Å². The van der Waals surface area contributed by atoms with Crippen molar-refractivity contribution in [2.75, 3.05) is 19.7 Å². The molecular weight excluding hydrogens is 256 g/mol. The monoisotopic (exact) mass is 276 g/mol. The third kappa shape index (κ3) is 2.90. The highest BCUT2D eigenvalue weighted by Gasteiger charge is 2.28. The summed E-state index contributed by atoms with van der Waals surface area (Å²) < 4.78 is 5.67. The molecule has 6 heteroatoms. The number of rotatable bonds is 3. The highest BCUT2D eigenvalue weighted by atomic mass is 16.5. The maximum absolute atomic E-state index is 12.3. The van der Waals surface area contributed by atoms with E-state index in [4.69, 9.17) is 4.74 Å². The predicted molar refractivity (Wildman–Crippen MR) is 72.9 cm³/mol. The van der Waals surface area contributed by atoms with Crippen molar-refractivity contribution in [3.63, 3.8) is 0 Å². The van der Waals surface area contributed by atoms with Gasteiger partial charge in [0.15, 0.2) is 5.82 Å². The van der Waals surface area contributed by atoms with Crippen LogP contribution in [0.4, 0.5) is 0 Å². The summed E-state index contributed by atoms with van der Waals surface area (Å²) in [6.07, 6.45) is 6.91. The molecular formula is C14H20N4O2. The van der Waals surface area contributed by atoms with Crippen molar-refractivity contribution in [3.8, 4) is 0 Å². The second-order valence-electron chi connectivity index (χ2n) is 5.45. The maximum Gasteiger partial charge on any atom is 0.223 e. The summed E-state index contributed by atoms with van der Waals surface area (Å²) in [4.78, 5) is 18.5. The van der Waals surface area contributed by atoms with Gasteiger partial charge in [0.2, 0.25) is 5.91 Å². The molecule has 0 bridgehead atoms. The van der Waals surface area contributed by atoms with E-state index in [1.54, 1.807) is 0 Å². The van der Waals surface area contributed by atoms with Gasteiger partial charge in [-0.1, -0.05) is 12.2 Å². The summed E-state index contributed by atoms with van der Waals surface area (Å²) in [6.45, 7) is 3.61. The summed E-state index contributed by atoms with van der Waals surface area (Å²) in [6, 6.07) is 0. The zero-order valence-electron chi connectivity index (χ0n) is 11.7. The number of hydrogen-bond acceptors (Lipinski definition) is 4. The van der Waals surface area contributed by atoms with Gasteiger partial charge < -0.3 is 9.64 Å². The van der Waals surface area contributed by atoms with Gasteiger partial charge in [0, 0.05) is 13.0 Å². The number of carbonyl (C=O) groups excluding carboxylic acids is 1. The van der Waals surface area contributed by atoms with Gasteiger partial charge in [-0.3, -0.25) is 9.89 Å². The maximum atomic E-state index is 12.3. The van der Waals surface area contributed by atoms with Gasteiger partial charge in [-0.15, -0.1) is 0 Å². The lowest BCUT2D eigenvalue weighted by Gasteiger charge is -2.32. The van der Waals surface area contributed by atoms with Crippen molar-refractivity contribution in [2.24, 2.45) is 5.92 Å². The van der Waals surface area contributed by atoms with Gasteiger partial charge in [0.05, 0.1) is 13.2 Å². The fourth-order valence-electron chi connectivity index (χ4n) is 2.75. The van der Waals surface area contributed by atoms with Crippen LogP contribution in [0.2, 0.25) is 0 Å². The molecule has 1 fully saturated rings. The van der Waals surface area contributed by atoms with Crippen molar-refractivity contribution in [2.45, 2.75) is 32.3 Å². The highest BCUT2D eigenvalue weighted by molar-refractivity contribution is 5.76. The Morgan fingerprint density at radius 2 is 2.50 bits per heavy atom. The van der Waals surface area contributed by atoms with Crippen molar-refractivity contribution >= 4 is 5.91 Å². The normalized spacial score (nSPS) is 26.1. The molecule has 1 aliphatic heterocycles. The molecule has 1 saturated heterocycles. The Kier molecular flexibility index (Phi) is 3.82. The summed E-state index contributed by atoms with van der Waals surface area (Å²) in [5.74, 6) is 2.03. The fraction of sp³-hybridized carbons (Fsp3) is 0.643. The topological polar surface area (TPSA) is 71.1 Å². The van der Waals surface area contributed by atoms with Crippen LogP contribution in [0.15, 0.2) is 12.2 Å². The van der Waals surface area contributed by atoms with Gasteiger partial charge in [-0.2, -0.15) is 5.10 Å². The second-order valence-corrected chi connectivity index (χ2v) is 5.45. The van der Waals surface area contributed by atoms with E-state index in [1.165, 1.54) is 0 Å². The molecule has 0 aromatic carbocycles. The molecule has 1 aromatic heterocycles. The minimum absolute atomic E-state index is 0.210. The Morgan fingerprint density at radius 3 is 3.20 bits per heavy atom. The number of aromatic nitrogens is 3. The first kappa shape index (κ1) is 13.3. The van der Waals surface area contributed by atoms with Crippen LogP contribution < -0.4 is 0 Å². The van der Waals surface area contributed by atoms with E-state index < -0.39 is 0 Å². The molecule has 1 N–H and O–H groups in total. The minimum Gasteiger partial charge on any atom is -0.366 e. The molecule has 2 aliphatic rings. The van der Waals surface area contributed by atoms with E-state index in [1.807, 2.05) is 11.8 Å². The molecule has 0 radical (unpaired) electrons. The van der Waals surface area contributed by atoms with Crippen molar-refractivity contribution < 1.29 is 9.53 Å². The number of morpholine rings is 1. The second kappa shape index (κ2) is 5.75. The van der Waals surface area contributed by atoms with Crippen LogP contribution >= 0.6 is 0 Å². The molecule has 0 saturated carbocycles. The van der Waals surface area contributed by atoms with E-state index in [-0.39, 0.29) is 12.0 Å². The number of H-pyrrole nitrogens is 1. The molecule has 20 heavy (non-hydrogen) atoms. The number of aryl methyl sites for hydroxylation is 1. The average Bonchev–Trinajstić information content (AvgIpc) is 3.10. The lowest BCUT2D eigenvalue weighted by atomic mass is 10.0. The minimum atomic E-state index is -0.211. The fourth-order valence-corrected chi connectivity index (χ4v) is 2.75. The molecule has 108 valence electrons. The number of aromatic amines is 1. The van der Waals surface area contributed by atoms with Gasteiger partial charge in [0.25, 0.3) is 0 Å². The molecule has 0 unspecified atom stereocenters. The molecule has 1 amide bonds. The van der Waals surface area contributed by atoms with Crippen molar-refractivity contribution in [3.05, 3.63) is 23.8 Å².